The molecule has 0 saturated carbocycles. The maximum Gasteiger partial charge on any atom is -0.0000926 e. The molecule has 0 nitrogen and oxygen atoms in total. The van der Waals surface area contributed by atoms with Crippen LogP contribution in [-0.4, -0.2) is 0 Å². The lowest BCUT2D eigenvalue weighted by molar-refractivity contribution is 1.54. The van der Waals surface area contributed by atoms with Gasteiger partial charge >= 0.3 is 0 Å². The fourth-order valence-electron chi connectivity index (χ4n) is 11.5. The lowest BCUT2D eigenvalue weighted by Gasteiger charge is -2.21. The minimum Gasteiger partial charge on any atom is -0.0622 e. The Kier molecular flexibility index (Phi) is 8.69. The van der Waals surface area contributed by atoms with Gasteiger partial charge in [-0.3, -0.25) is 0 Å². The van der Waals surface area contributed by atoms with E-state index in [4.69, 9.17) is 0 Å². The summed E-state index contributed by atoms with van der Waals surface area (Å²) in [7, 11) is 0. The van der Waals surface area contributed by atoms with E-state index < -0.39 is 0 Å². The second-order valence-electron chi connectivity index (χ2n) is 18.3. The molecular weight excluding hydrogens is 817 g/mol. The second kappa shape index (κ2) is 15.4. The molecule has 0 spiro atoms. The Hall–Kier alpha value is -8.84. The minimum absolute atomic E-state index is 1.20. The molecule has 0 atom stereocenters. The summed E-state index contributed by atoms with van der Waals surface area (Å²) in [5, 5.41) is 12.3. The standard InChI is InChI=1S/C68H42/c1-2-22-48(23-3-1)63-65(57-33-15-27-46-20-9-12-30-54(46)57)66(58-34-16-28-47-21-10-13-31-55(47)58)68-64(56-32-14-26-45-19-8-11-29-53(45)56)61-41-59(51-37-35-43-17-4-6-24-49(43)39-51)60(42-62(61)67(63)68)52-38-36-44-18-5-7-25-50(44)40-52/h1-42H. The summed E-state index contributed by atoms with van der Waals surface area (Å²) in [6, 6.07) is 95.1. The Morgan fingerprint density at radius 3 is 0.985 bits per heavy atom. The lowest BCUT2D eigenvalue weighted by Crippen LogP contribution is -1.98. The van der Waals surface area contributed by atoms with Crippen molar-refractivity contribution < 1.29 is 0 Å². The first kappa shape index (κ1) is 38.4. The monoisotopic (exact) mass is 858 g/mol. The largest absolute Gasteiger partial charge is 0.0622 e. The minimum atomic E-state index is 1.20. The fraction of sp³-hybridized carbons (Fsp3) is 0. The van der Waals surface area contributed by atoms with Crippen molar-refractivity contribution in [3.63, 3.8) is 0 Å². The van der Waals surface area contributed by atoms with Crippen LogP contribution in [0.2, 0.25) is 0 Å². The van der Waals surface area contributed by atoms with Crippen molar-refractivity contribution in [1.82, 2.24) is 0 Å². The van der Waals surface area contributed by atoms with Crippen molar-refractivity contribution in [1.29, 1.82) is 0 Å². The molecule has 0 fully saturated rings. The third kappa shape index (κ3) is 5.94. The van der Waals surface area contributed by atoms with Crippen molar-refractivity contribution in [2.45, 2.75) is 0 Å². The zero-order valence-corrected chi connectivity index (χ0v) is 37.2. The van der Waals surface area contributed by atoms with Crippen LogP contribution in [-0.2, 0) is 0 Å². The van der Waals surface area contributed by atoms with Crippen LogP contribution in [0, 0.1) is 0 Å². The van der Waals surface area contributed by atoms with Gasteiger partial charge in [-0.25, -0.2) is 0 Å². The zero-order chi connectivity index (χ0) is 44.7. The molecule has 68 heavy (non-hydrogen) atoms. The maximum atomic E-state index is 2.55. The van der Waals surface area contributed by atoms with Crippen LogP contribution in [0.1, 0.15) is 33.4 Å². The number of rotatable bonds is 6. The van der Waals surface area contributed by atoms with Gasteiger partial charge in [0.1, 0.15) is 0 Å². The average molecular weight is 859 g/mol. The van der Waals surface area contributed by atoms with E-state index in [2.05, 4.69) is 255 Å². The van der Waals surface area contributed by atoms with Crippen LogP contribution in [0.4, 0.5) is 0 Å². The van der Waals surface area contributed by atoms with E-state index >= 15 is 0 Å². The molecule has 0 heterocycles. The first-order chi connectivity index (χ1) is 33.7. The van der Waals surface area contributed by atoms with Crippen LogP contribution in [0.5, 0.6) is 0 Å². The summed E-state index contributed by atoms with van der Waals surface area (Å²) in [6.45, 7) is 0. The summed E-state index contributed by atoms with van der Waals surface area (Å²) >= 11 is 0. The Bertz CT molecular complexity index is 4160. The summed E-state index contributed by atoms with van der Waals surface area (Å²) in [6.07, 6.45) is 0. The van der Waals surface area contributed by atoms with Crippen LogP contribution < -0.4 is 0 Å². The van der Waals surface area contributed by atoms with E-state index in [0.717, 1.165) is 0 Å². The summed E-state index contributed by atoms with van der Waals surface area (Å²) < 4.78 is 0. The molecule has 12 aromatic carbocycles. The first-order valence-corrected chi connectivity index (χ1v) is 23.7. The van der Waals surface area contributed by atoms with E-state index in [0.29, 0.717) is 0 Å². The molecule has 12 aromatic rings. The molecule has 0 aliphatic heterocycles. The smallest absolute Gasteiger partial charge is 0.0000926 e. The van der Waals surface area contributed by atoms with Gasteiger partial charge < -0.3 is 0 Å². The fourth-order valence-corrected chi connectivity index (χ4v) is 11.5. The SMILES string of the molecule is c1ccc(C2=C3C(=C(c4cccc5ccccc45)c4cc(-c5ccc6ccccc6c5)c(-c5ccc6ccccc6c5)cc43)C(c3cccc4ccccc34)=C2c2cccc3ccccc23)cc1. The van der Waals surface area contributed by atoms with Crippen LogP contribution in [0.25, 0.3) is 104 Å². The Balaban J connectivity index is 1.20. The predicted octanol–water partition coefficient (Wildman–Crippen LogP) is 18.1. The molecule has 0 bridgehead atoms. The average Bonchev–Trinajstić information content (AvgIpc) is 3.92. The summed E-state index contributed by atoms with van der Waals surface area (Å²) in [4.78, 5) is 0. The van der Waals surface area contributed by atoms with Gasteiger partial charge in [-0.2, -0.15) is 0 Å². The number of allylic oxidation sites excluding steroid dienone is 5. The van der Waals surface area contributed by atoms with Gasteiger partial charge in [0.25, 0.3) is 0 Å². The molecule has 0 aromatic heterocycles. The van der Waals surface area contributed by atoms with Gasteiger partial charge in [0.15, 0.2) is 0 Å². The van der Waals surface area contributed by atoms with E-state index in [1.54, 1.807) is 0 Å². The van der Waals surface area contributed by atoms with Crippen LogP contribution in [0.3, 0.4) is 0 Å². The molecule has 14 rings (SSSR count). The van der Waals surface area contributed by atoms with Gasteiger partial charge in [0.05, 0.1) is 0 Å². The van der Waals surface area contributed by atoms with Gasteiger partial charge in [0, 0.05) is 0 Å². The Morgan fingerprint density at radius 1 is 0.147 bits per heavy atom. The van der Waals surface area contributed by atoms with Gasteiger partial charge in [-0.15, -0.1) is 0 Å². The highest BCUT2D eigenvalue weighted by molar-refractivity contribution is 6.41. The summed E-state index contributed by atoms with van der Waals surface area (Å²) in [5.74, 6) is 0. The van der Waals surface area contributed by atoms with Crippen molar-refractivity contribution >= 4 is 81.7 Å². The third-order valence-electron chi connectivity index (χ3n) is 14.6. The van der Waals surface area contributed by atoms with Crippen molar-refractivity contribution in [3.05, 3.63) is 294 Å². The normalized spacial score (nSPS) is 13.4. The van der Waals surface area contributed by atoms with E-state index in [1.807, 2.05) is 0 Å². The highest BCUT2D eigenvalue weighted by atomic mass is 14.4. The molecule has 0 radical (unpaired) electrons. The summed E-state index contributed by atoms with van der Waals surface area (Å²) in [5.41, 5.74) is 19.9. The van der Waals surface area contributed by atoms with E-state index in [9.17, 15) is 0 Å². The number of hydrogen-bond donors (Lipinski definition) is 0. The number of fused-ring (bicyclic) bond motifs is 8. The van der Waals surface area contributed by atoms with Gasteiger partial charge in [-0.05, 0) is 167 Å². The molecular formula is C68H42. The number of benzene rings is 12. The Labute approximate surface area is 395 Å². The molecule has 0 unspecified atom stereocenters. The first-order valence-electron chi connectivity index (χ1n) is 23.7. The topological polar surface area (TPSA) is 0 Å². The van der Waals surface area contributed by atoms with Crippen LogP contribution in [0.15, 0.2) is 260 Å². The van der Waals surface area contributed by atoms with Crippen molar-refractivity contribution in [2.24, 2.45) is 0 Å². The Morgan fingerprint density at radius 2 is 0.500 bits per heavy atom. The molecule has 314 valence electrons. The molecule has 0 saturated heterocycles. The lowest BCUT2D eigenvalue weighted by atomic mass is 9.82. The highest BCUT2D eigenvalue weighted by Gasteiger charge is 2.42. The van der Waals surface area contributed by atoms with Crippen molar-refractivity contribution in [2.75, 3.05) is 0 Å². The van der Waals surface area contributed by atoms with Gasteiger partial charge in [-0.1, -0.05) is 231 Å². The molecule has 2 aliphatic rings. The second-order valence-corrected chi connectivity index (χ2v) is 18.3. The quantitative estimate of drug-likeness (QED) is 0.156. The third-order valence-corrected chi connectivity index (χ3v) is 14.6. The highest BCUT2D eigenvalue weighted by Crippen LogP contribution is 2.64. The zero-order valence-electron chi connectivity index (χ0n) is 37.2. The van der Waals surface area contributed by atoms with Gasteiger partial charge in [0.2, 0.25) is 0 Å². The predicted molar refractivity (Wildman–Crippen MR) is 290 cm³/mol. The molecule has 2 aliphatic carbocycles. The molecule has 0 N–H and O–H groups in total. The van der Waals surface area contributed by atoms with E-state index in [1.165, 1.54) is 143 Å². The van der Waals surface area contributed by atoms with Crippen LogP contribution >= 0.6 is 0 Å². The number of hydrogen-bond acceptors (Lipinski definition) is 0. The van der Waals surface area contributed by atoms with Crippen molar-refractivity contribution in [3.8, 4) is 22.3 Å². The van der Waals surface area contributed by atoms with E-state index in [-0.39, 0.29) is 0 Å². The molecule has 0 heteroatoms. The maximum absolute atomic E-state index is 2.55. The molecule has 0 amide bonds.